The Balaban J connectivity index is 1.29. The molecule has 0 saturated heterocycles. The molecule has 96 valence electrons. The Labute approximate surface area is 107 Å². The van der Waals surface area contributed by atoms with E-state index >= 15 is 0 Å². The first kappa shape index (κ1) is 9.55. The van der Waals surface area contributed by atoms with Crippen LogP contribution in [0, 0.1) is 33.5 Å². The van der Waals surface area contributed by atoms with Crippen molar-refractivity contribution in [1.29, 1.82) is 0 Å². The summed E-state index contributed by atoms with van der Waals surface area (Å²) in [5.74, 6) is 1.29. The van der Waals surface area contributed by atoms with Crippen molar-refractivity contribution >= 4 is 0 Å². The monoisotopic (exact) mass is 244 g/mol. The lowest BCUT2D eigenvalue weighted by Gasteiger charge is -1.90. The molecule has 0 aromatic heterocycles. The van der Waals surface area contributed by atoms with Crippen LogP contribution in [0.25, 0.3) is 0 Å². The third-order valence-corrected chi connectivity index (χ3v) is 8.02. The minimum atomic E-state index is 0.423. The maximum Gasteiger partial charge on any atom is 0.0465 e. The van der Waals surface area contributed by atoms with E-state index in [0.717, 1.165) is 0 Å². The van der Waals surface area contributed by atoms with Crippen LogP contribution in [0.4, 0.5) is 0 Å². The molecule has 0 unspecified atom stereocenters. The second-order valence-corrected chi connectivity index (χ2v) is 8.31. The molecule has 0 heterocycles. The van der Waals surface area contributed by atoms with Crippen LogP contribution in [0.3, 0.4) is 0 Å². The smallest absolute Gasteiger partial charge is 0.0465 e. The Morgan fingerprint density at radius 2 is 1.28 bits per heavy atom. The Morgan fingerprint density at radius 3 is 1.61 bits per heavy atom. The van der Waals surface area contributed by atoms with Gasteiger partial charge in [0.05, 0.1) is 0 Å². The maximum absolute atomic E-state index is 9.31. The van der Waals surface area contributed by atoms with Gasteiger partial charge in [-0.05, 0) is 61.2 Å². The van der Waals surface area contributed by atoms with Gasteiger partial charge in [0.15, 0.2) is 0 Å². The Morgan fingerprint density at radius 1 is 0.833 bits per heavy atom. The van der Waals surface area contributed by atoms with Crippen LogP contribution in [0.2, 0.25) is 0 Å². The predicted molar refractivity (Wildman–Crippen MR) is 65.6 cm³/mol. The first-order chi connectivity index (χ1) is 8.68. The van der Waals surface area contributed by atoms with E-state index in [1.165, 1.54) is 38.5 Å². The van der Waals surface area contributed by atoms with Crippen molar-refractivity contribution in [1.82, 2.24) is 0 Å². The van der Waals surface area contributed by atoms with Gasteiger partial charge in [0, 0.05) is 24.0 Å². The van der Waals surface area contributed by atoms with Gasteiger partial charge < -0.3 is 10.2 Å². The fourth-order valence-electron chi connectivity index (χ4n) is 6.43. The largest absolute Gasteiger partial charge is 0.396 e. The summed E-state index contributed by atoms with van der Waals surface area (Å²) in [5, 5.41) is 18.6. The lowest BCUT2D eigenvalue weighted by Crippen LogP contribution is -1.91. The highest BCUT2D eigenvalue weighted by molar-refractivity contribution is 5.63. The molecule has 6 aliphatic carbocycles. The van der Waals surface area contributed by atoms with E-state index in [-0.39, 0.29) is 0 Å². The summed E-state index contributed by atoms with van der Waals surface area (Å²) in [5.41, 5.74) is 6.09. The van der Waals surface area contributed by atoms with E-state index in [1.807, 2.05) is 11.1 Å². The van der Waals surface area contributed by atoms with Crippen LogP contribution in [0.5, 0.6) is 0 Å². The molecular weight excluding hydrogens is 224 g/mol. The van der Waals surface area contributed by atoms with Crippen molar-refractivity contribution in [2.45, 2.75) is 38.5 Å². The molecule has 0 amide bonds. The van der Waals surface area contributed by atoms with Gasteiger partial charge in [-0.2, -0.15) is 0 Å². The van der Waals surface area contributed by atoms with Crippen molar-refractivity contribution in [3.8, 4) is 0 Å². The van der Waals surface area contributed by atoms with Crippen LogP contribution in [-0.2, 0) is 0 Å². The molecule has 18 heavy (non-hydrogen) atoms. The molecule has 2 heteroatoms. The third kappa shape index (κ3) is 0.694. The minimum Gasteiger partial charge on any atom is -0.396 e. The van der Waals surface area contributed by atoms with Gasteiger partial charge >= 0.3 is 0 Å². The molecule has 0 aromatic rings. The number of hydrogen-bond donors (Lipinski definition) is 2. The minimum absolute atomic E-state index is 0.423. The van der Waals surface area contributed by atoms with E-state index in [9.17, 15) is 10.2 Å². The highest BCUT2D eigenvalue weighted by Crippen LogP contribution is 2.99. The molecule has 6 atom stereocenters. The van der Waals surface area contributed by atoms with Gasteiger partial charge in [-0.1, -0.05) is 11.1 Å². The molecule has 4 spiro atoms. The lowest BCUT2D eigenvalue weighted by atomic mass is 10.2. The third-order valence-electron chi connectivity index (χ3n) is 8.02. The quantitative estimate of drug-likeness (QED) is 0.728. The number of hydrogen-bond acceptors (Lipinski definition) is 2. The SMILES string of the molecule is OC[C@H]1C[C@@]12C[C@@]21C/C1=C1/C[C@@]12C[C@@]21C[C@@H]1CO. The zero-order chi connectivity index (χ0) is 12.0. The van der Waals surface area contributed by atoms with Gasteiger partial charge in [-0.15, -0.1) is 0 Å². The van der Waals surface area contributed by atoms with E-state index in [4.69, 9.17) is 0 Å². The molecule has 0 aliphatic heterocycles. The Kier molecular flexibility index (Phi) is 1.14. The molecule has 0 bridgehead atoms. The zero-order valence-corrected chi connectivity index (χ0v) is 10.7. The summed E-state index contributed by atoms with van der Waals surface area (Å²) >= 11 is 0. The molecular formula is C16H20O2. The molecule has 6 aliphatic rings. The predicted octanol–water partition coefficient (Wildman–Crippen LogP) is 1.87. The number of rotatable bonds is 2. The molecule has 6 rings (SSSR count). The second kappa shape index (κ2) is 2.14. The Bertz CT molecular complexity index is 503. The van der Waals surface area contributed by atoms with E-state index in [1.54, 1.807) is 0 Å². The van der Waals surface area contributed by atoms with Crippen molar-refractivity contribution in [2.75, 3.05) is 13.2 Å². The molecule has 0 aromatic carbocycles. The second-order valence-electron chi connectivity index (χ2n) is 8.31. The number of fused-ring (bicyclic) bond motifs is 2. The standard InChI is InChI=1S/C16H20O2/c17-5-9-1-13(9)7-15(13)3-11(15)12-4-16(12)8-14(16)2-10(14)6-18/h9-10,17-18H,1-8H2/b12-11+/t9-,10-,13-,14-,15-,16-/m1/s1. The van der Waals surface area contributed by atoms with E-state index < -0.39 is 0 Å². The number of aliphatic hydroxyl groups is 2. The van der Waals surface area contributed by atoms with Crippen molar-refractivity contribution in [3.05, 3.63) is 11.1 Å². The molecule has 2 N–H and O–H groups in total. The van der Waals surface area contributed by atoms with Crippen molar-refractivity contribution in [2.24, 2.45) is 33.5 Å². The van der Waals surface area contributed by atoms with Crippen LogP contribution >= 0.6 is 0 Å². The summed E-state index contributed by atoms with van der Waals surface area (Å²) in [6.07, 6.45) is 8.16. The number of allylic oxidation sites excluding steroid dienone is 2. The van der Waals surface area contributed by atoms with Gasteiger partial charge in [-0.3, -0.25) is 0 Å². The highest BCUT2D eigenvalue weighted by Gasteiger charge is 2.91. The van der Waals surface area contributed by atoms with Gasteiger partial charge in [0.2, 0.25) is 0 Å². The summed E-state index contributed by atoms with van der Waals surface area (Å²) in [6.45, 7) is 0.845. The first-order valence-corrected chi connectivity index (χ1v) is 7.63. The molecule has 6 saturated carbocycles. The summed E-state index contributed by atoms with van der Waals surface area (Å²) in [7, 11) is 0. The molecule has 6 fully saturated rings. The molecule has 0 radical (unpaired) electrons. The maximum atomic E-state index is 9.31. The highest BCUT2D eigenvalue weighted by atomic mass is 16.3. The van der Waals surface area contributed by atoms with Gasteiger partial charge in [0.25, 0.3) is 0 Å². The topological polar surface area (TPSA) is 40.5 Å². The van der Waals surface area contributed by atoms with E-state index in [0.29, 0.717) is 46.7 Å². The van der Waals surface area contributed by atoms with E-state index in [2.05, 4.69) is 0 Å². The van der Waals surface area contributed by atoms with Crippen LogP contribution in [0.15, 0.2) is 11.1 Å². The zero-order valence-electron chi connectivity index (χ0n) is 10.7. The first-order valence-electron chi connectivity index (χ1n) is 7.63. The lowest BCUT2D eigenvalue weighted by molar-refractivity contribution is 0.264. The van der Waals surface area contributed by atoms with Crippen LogP contribution in [-0.4, -0.2) is 23.4 Å². The summed E-state index contributed by atoms with van der Waals surface area (Å²) < 4.78 is 0. The van der Waals surface area contributed by atoms with Gasteiger partial charge in [0.1, 0.15) is 0 Å². The average molecular weight is 244 g/mol. The van der Waals surface area contributed by atoms with Crippen molar-refractivity contribution in [3.63, 3.8) is 0 Å². The fourth-order valence-corrected chi connectivity index (χ4v) is 6.43. The normalized spacial score (nSPS) is 72.3. The number of aliphatic hydroxyl groups excluding tert-OH is 2. The van der Waals surface area contributed by atoms with Crippen molar-refractivity contribution < 1.29 is 10.2 Å². The van der Waals surface area contributed by atoms with Gasteiger partial charge in [-0.25, -0.2) is 0 Å². The fraction of sp³-hybridized carbons (Fsp3) is 0.875. The Hall–Kier alpha value is -0.340. The van der Waals surface area contributed by atoms with Crippen LogP contribution in [0.1, 0.15) is 38.5 Å². The average Bonchev–Trinajstić information content (AvgIpc) is 3.20. The molecule has 2 nitrogen and oxygen atoms in total. The van der Waals surface area contributed by atoms with Crippen LogP contribution < -0.4 is 0 Å². The summed E-state index contributed by atoms with van der Waals surface area (Å²) in [6, 6.07) is 0. The summed E-state index contributed by atoms with van der Waals surface area (Å²) in [4.78, 5) is 0.